The van der Waals surface area contributed by atoms with Crippen LogP contribution in [-0.4, -0.2) is 68.7 Å². The van der Waals surface area contributed by atoms with E-state index in [0.29, 0.717) is 11.1 Å². The van der Waals surface area contributed by atoms with Crippen LogP contribution in [0.5, 0.6) is 5.75 Å². The summed E-state index contributed by atoms with van der Waals surface area (Å²) in [5.41, 5.74) is -1.83. The molecule has 0 unspecified atom stereocenters. The highest BCUT2D eigenvalue weighted by molar-refractivity contribution is 6.12. The van der Waals surface area contributed by atoms with Gasteiger partial charge in [0.15, 0.2) is 0 Å². The lowest BCUT2D eigenvalue weighted by Crippen LogP contribution is -2.50. The lowest BCUT2D eigenvalue weighted by Gasteiger charge is -2.28. The lowest BCUT2D eigenvalue weighted by molar-refractivity contribution is -0.167. The average Bonchev–Trinajstić information content (AvgIpc) is 3.13. The Bertz CT molecular complexity index is 1960. The van der Waals surface area contributed by atoms with Crippen molar-refractivity contribution < 1.29 is 56.1 Å². The van der Waals surface area contributed by atoms with Crippen LogP contribution in [0.2, 0.25) is 0 Å². The molecular formula is C39H37F3N2O9. The quantitative estimate of drug-likeness (QED) is 0.0693. The monoisotopic (exact) mass is 734 g/mol. The van der Waals surface area contributed by atoms with E-state index in [0.717, 1.165) is 12.1 Å². The summed E-state index contributed by atoms with van der Waals surface area (Å²) in [4.78, 5) is 67.9. The smallest absolute Gasteiger partial charge is 0.465 e. The van der Waals surface area contributed by atoms with Crippen molar-refractivity contribution in [2.75, 3.05) is 39.2 Å². The van der Waals surface area contributed by atoms with Gasteiger partial charge >= 0.3 is 24.3 Å². The van der Waals surface area contributed by atoms with E-state index in [1.165, 1.54) is 68.4 Å². The van der Waals surface area contributed by atoms with Crippen molar-refractivity contribution in [3.05, 3.63) is 119 Å². The van der Waals surface area contributed by atoms with Gasteiger partial charge in [-0.05, 0) is 73.4 Å². The second kappa shape index (κ2) is 16.9. The predicted octanol–water partition coefficient (Wildman–Crippen LogP) is 7.21. The van der Waals surface area contributed by atoms with Crippen LogP contribution in [0.15, 0.2) is 91.0 Å². The molecule has 53 heavy (non-hydrogen) atoms. The van der Waals surface area contributed by atoms with Gasteiger partial charge in [0, 0.05) is 19.7 Å². The van der Waals surface area contributed by atoms with Gasteiger partial charge in [-0.15, -0.1) is 0 Å². The van der Waals surface area contributed by atoms with Gasteiger partial charge in [0.1, 0.15) is 12.4 Å². The summed E-state index contributed by atoms with van der Waals surface area (Å²) in [7, 11) is 2.94. The Balaban J connectivity index is 1.64. The molecule has 0 saturated heterocycles. The number of amides is 2. The Hall–Kier alpha value is -6.18. The van der Waals surface area contributed by atoms with Crippen LogP contribution in [0.3, 0.4) is 0 Å². The van der Waals surface area contributed by atoms with Gasteiger partial charge in [0.2, 0.25) is 5.41 Å². The Kier molecular flexibility index (Phi) is 12.6. The number of ether oxygens (including phenoxy) is 4. The molecule has 0 spiro atoms. The molecule has 0 radical (unpaired) electrons. The summed E-state index contributed by atoms with van der Waals surface area (Å²) < 4.78 is 60.7. The van der Waals surface area contributed by atoms with Gasteiger partial charge in [0.05, 0.1) is 30.0 Å². The zero-order valence-corrected chi connectivity index (χ0v) is 29.5. The maximum atomic E-state index is 13.7. The molecular weight excluding hydrogens is 697 g/mol. The summed E-state index contributed by atoms with van der Waals surface area (Å²) in [5, 5.41) is 2.70. The van der Waals surface area contributed by atoms with Gasteiger partial charge in [-0.3, -0.25) is 19.2 Å². The minimum absolute atomic E-state index is 0.0434. The molecule has 4 aromatic rings. The molecule has 0 heterocycles. The van der Waals surface area contributed by atoms with E-state index in [9.17, 15) is 37.1 Å². The van der Waals surface area contributed by atoms with Crippen molar-refractivity contribution in [2.45, 2.75) is 32.4 Å². The number of benzene rings is 4. The third kappa shape index (κ3) is 9.01. The molecule has 0 atom stereocenters. The number of esters is 2. The Morgan fingerprint density at radius 3 is 1.87 bits per heavy atom. The standard InChI is InChI=1S/C39H37F3N2O9/c1-6-50-35(47)38(36(48)51-7-2,26-13-9-8-10-14-26)23-52-37(49)53-32-22-30(34(46)44(4)5)31(21-24(32)3)43-33(45)29-16-12-11-15-28(29)25-17-19-27(20-18-25)39(40,41)42/h8-22H,6-7,23H2,1-5H3,(H,43,45). The van der Waals surface area contributed by atoms with Crippen molar-refractivity contribution in [2.24, 2.45) is 0 Å². The molecule has 0 bridgehead atoms. The van der Waals surface area contributed by atoms with Crippen molar-refractivity contribution in [1.82, 2.24) is 4.90 Å². The Morgan fingerprint density at radius 2 is 1.30 bits per heavy atom. The second-order valence-electron chi connectivity index (χ2n) is 11.8. The zero-order chi connectivity index (χ0) is 38.9. The summed E-state index contributed by atoms with van der Waals surface area (Å²) in [6, 6.07) is 21.0. The first kappa shape index (κ1) is 39.6. The molecule has 11 nitrogen and oxygen atoms in total. The first-order chi connectivity index (χ1) is 25.1. The lowest BCUT2D eigenvalue weighted by atomic mass is 9.81. The summed E-state index contributed by atoms with van der Waals surface area (Å²) in [5.74, 6) is -3.40. The number of hydrogen-bond donors (Lipinski definition) is 1. The molecule has 4 aromatic carbocycles. The minimum Gasteiger partial charge on any atom is -0.465 e. The van der Waals surface area contributed by atoms with Gasteiger partial charge in [-0.2, -0.15) is 13.2 Å². The highest BCUT2D eigenvalue weighted by Gasteiger charge is 2.52. The number of rotatable bonds is 12. The van der Waals surface area contributed by atoms with Crippen LogP contribution in [-0.2, 0) is 35.4 Å². The molecule has 2 amide bonds. The molecule has 0 fully saturated rings. The molecule has 1 N–H and O–H groups in total. The Labute approximate surface area is 303 Å². The number of nitrogens with zero attached hydrogens (tertiary/aromatic N) is 1. The number of carbonyl (C=O) groups excluding carboxylic acids is 5. The maximum absolute atomic E-state index is 13.7. The second-order valence-corrected chi connectivity index (χ2v) is 11.8. The molecule has 14 heteroatoms. The van der Waals surface area contributed by atoms with E-state index < -0.39 is 53.7 Å². The van der Waals surface area contributed by atoms with Gasteiger partial charge in [-0.25, -0.2) is 4.79 Å². The fourth-order valence-electron chi connectivity index (χ4n) is 5.32. The number of nitrogens with one attached hydrogen (secondary N) is 1. The number of anilines is 1. The van der Waals surface area contributed by atoms with Crippen LogP contribution in [0.1, 0.15) is 51.3 Å². The molecule has 0 aliphatic carbocycles. The molecule has 0 aliphatic heterocycles. The van der Waals surface area contributed by atoms with E-state index >= 15 is 0 Å². The fraction of sp³-hybridized carbons (Fsp3) is 0.256. The highest BCUT2D eigenvalue weighted by atomic mass is 19.4. The van der Waals surface area contributed by atoms with E-state index in [2.05, 4.69) is 5.32 Å². The van der Waals surface area contributed by atoms with Crippen LogP contribution in [0.4, 0.5) is 23.7 Å². The van der Waals surface area contributed by atoms with Crippen LogP contribution < -0.4 is 10.1 Å². The maximum Gasteiger partial charge on any atom is 0.513 e. The predicted molar refractivity (Wildman–Crippen MR) is 187 cm³/mol. The third-order valence-electron chi connectivity index (χ3n) is 8.01. The van der Waals surface area contributed by atoms with Crippen molar-refractivity contribution in [3.63, 3.8) is 0 Å². The summed E-state index contributed by atoms with van der Waals surface area (Å²) in [6.07, 6.45) is -5.86. The number of halogens is 3. The van der Waals surface area contributed by atoms with Crippen molar-refractivity contribution in [3.8, 4) is 16.9 Å². The average molecular weight is 735 g/mol. The molecule has 0 saturated carbocycles. The number of hydrogen-bond acceptors (Lipinski definition) is 9. The van der Waals surface area contributed by atoms with Crippen LogP contribution in [0, 0.1) is 6.92 Å². The number of alkyl halides is 3. The first-order valence-corrected chi connectivity index (χ1v) is 16.3. The van der Waals surface area contributed by atoms with E-state index in [1.54, 1.807) is 50.2 Å². The number of carbonyl (C=O) groups is 5. The van der Waals surface area contributed by atoms with Crippen LogP contribution >= 0.6 is 0 Å². The normalized spacial score (nSPS) is 11.2. The topological polar surface area (TPSA) is 138 Å². The summed E-state index contributed by atoms with van der Waals surface area (Å²) >= 11 is 0. The van der Waals surface area contributed by atoms with Crippen LogP contribution in [0.25, 0.3) is 11.1 Å². The Morgan fingerprint density at radius 1 is 0.717 bits per heavy atom. The molecule has 278 valence electrons. The van der Waals surface area contributed by atoms with Crippen molar-refractivity contribution >= 4 is 35.6 Å². The van der Waals surface area contributed by atoms with E-state index in [1.807, 2.05) is 0 Å². The van der Waals surface area contributed by atoms with Gasteiger partial charge < -0.3 is 29.2 Å². The van der Waals surface area contributed by atoms with Gasteiger partial charge in [0.25, 0.3) is 11.8 Å². The molecule has 4 rings (SSSR count). The number of aryl methyl sites for hydroxylation is 1. The molecule has 0 aliphatic rings. The van der Waals surface area contributed by atoms with E-state index in [4.69, 9.17) is 18.9 Å². The highest BCUT2D eigenvalue weighted by Crippen LogP contribution is 2.34. The van der Waals surface area contributed by atoms with Gasteiger partial charge in [-0.1, -0.05) is 60.7 Å². The van der Waals surface area contributed by atoms with Crippen molar-refractivity contribution in [1.29, 1.82) is 0 Å². The zero-order valence-electron chi connectivity index (χ0n) is 29.5. The first-order valence-electron chi connectivity index (χ1n) is 16.3. The summed E-state index contributed by atoms with van der Waals surface area (Å²) in [6.45, 7) is 3.62. The SMILES string of the molecule is CCOC(=O)C(COC(=O)Oc1cc(C(=O)N(C)C)c(NC(=O)c2ccccc2-c2ccc(C(F)(F)F)cc2)cc1C)(C(=O)OCC)c1ccccc1. The fourth-order valence-corrected chi connectivity index (χ4v) is 5.32. The van der Waals surface area contributed by atoms with E-state index in [-0.39, 0.29) is 46.9 Å². The molecule has 0 aromatic heterocycles. The third-order valence-corrected chi connectivity index (χ3v) is 8.01. The largest absolute Gasteiger partial charge is 0.513 e. The minimum atomic E-state index is -4.53.